The second kappa shape index (κ2) is 3.69. The number of benzene rings is 1. The van der Waals surface area contributed by atoms with E-state index in [0.29, 0.717) is 0 Å². The van der Waals surface area contributed by atoms with Crippen LogP contribution in [0.3, 0.4) is 0 Å². The summed E-state index contributed by atoms with van der Waals surface area (Å²) in [6.07, 6.45) is -3.04. The summed E-state index contributed by atoms with van der Waals surface area (Å²) in [6, 6.07) is 1.92. The van der Waals surface area contributed by atoms with Crippen LogP contribution in [0.1, 0.15) is 29.3 Å². The summed E-state index contributed by atoms with van der Waals surface area (Å²) in [6.45, 7) is 1.07. The summed E-state index contributed by atoms with van der Waals surface area (Å²) in [5, 5.41) is 0. The van der Waals surface area contributed by atoms with Crippen molar-refractivity contribution in [1.82, 2.24) is 0 Å². The van der Waals surface area contributed by atoms with Crippen molar-refractivity contribution >= 4 is 11.5 Å². The van der Waals surface area contributed by atoms with Crippen molar-refractivity contribution in [3.63, 3.8) is 0 Å². The molecule has 0 fully saturated rings. The molecule has 1 aromatic carbocycles. The number of hydrogen-bond donors (Lipinski definition) is 1. The lowest BCUT2D eigenvalue weighted by atomic mass is 10.0. The fourth-order valence-electron chi connectivity index (χ4n) is 1.22. The Kier molecular flexibility index (Phi) is 2.78. The fourth-order valence-corrected chi connectivity index (χ4v) is 1.22. The van der Waals surface area contributed by atoms with Gasteiger partial charge in [-0.25, -0.2) is 13.2 Å². The van der Waals surface area contributed by atoms with Gasteiger partial charge in [0.2, 0.25) is 0 Å². The monoisotopic (exact) mass is 203 g/mol. The van der Waals surface area contributed by atoms with Crippen molar-refractivity contribution in [2.45, 2.75) is 13.3 Å². The van der Waals surface area contributed by atoms with Gasteiger partial charge in [-0.05, 0) is 19.1 Å². The number of halogens is 3. The van der Waals surface area contributed by atoms with Gasteiger partial charge in [-0.2, -0.15) is 0 Å². The Balaban J connectivity index is 3.50. The first-order valence-corrected chi connectivity index (χ1v) is 3.82. The maximum atomic E-state index is 13.0. The quantitative estimate of drug-likeness (QED) is 0.592. The molecule has 0 bridgehead atoms. The van der Waals surface area contributed by atoms with Crippen molar-refractivity contribution < 1.29 is 18.0 Å². The number of carbonyl (C=O) groups excluding carboxylic acids is 1. The van der Waals surface area contributed by atoms with Gasteiger partial charge in [0.15, 0.2) is 5.78 Å². The predicted octanol–water partition coefficient (Wildman–Crippen LogP) is 2.55. The summed E-state index contributed by atoms with van der Waals surface area (Å²) < 4.78 is 37.7. The van der Waals surface area contributed by atoms with Crippen LogP contribution in [-0.2, 0) is 0 Å². The smallest absolute Gasteiger partial charge is 0.267 e. The molecule has 1 rings (SSSR count). The van der Waals surface area contributed by atoms with Gasteiger partial charge in [-0.1, -0.05) is 0 Å². The molecule has 0 aromatic heterocycles. The lowest BCUT2D eigenvalue weighted by molar-refractivity contribution is 0.0997. The Morgan fingerprint density at radius 1 is 1.43 bits per heavy atom. The molecular formula is C9H8F3NO. The van der Waals surface area contributed by atoms with Gasteiger partial charge in [0.25, 0.3) is 6.43 Å². The number of Topliss-reactive ketones (excluding diaryl/α,β-unsaturated/α-hetero) is 1. The number of carbonyl (C=O) groups is 1. The van der Waals surface area contributed by atoms with Crippen LogP contribution < -0.4 is 5.73 Å². The van der Waals surface area contributed by atoms with Crippen molar-refractivity contribution in [3.8, 4) is 0 Å². The van der Waals surface area contributed by atoms with Crippen LogP contribution in [0.2, 0.25) is 0 Å². The second-order valence-electron chi connectivity index (χ2n) is 2.78. The highest BCUT2D eigenvalue weighted by molar-refractivity contribution is 6.00. The minimum Gasteiger partial charge on any atom is -0.398 e. The van der Waals surface area contributed by atoms with Crippen LogP contribution in [0.15, 0.2) is 12.1 Å². The summed E-state index contributed by atoms with van der Waals surface area (Å²) in [4.78, 5) is 11.0. The molecule has 0 heterocycles. The van der Waals surface area contributed by atoms with Crippen LogP contribution in [0.4, 0.5) is 18.9 Å². The Morgan fingerprint density at radius 2 is 2.00 bits per heavy atom. The Morgan fingerprint density at radius 3 is 2.36 bits per heavy atom. The highest BCUT2D eigenvalue weighted by Gasteiger charge is 2.22. The van der Waals surface area contributed by atoms with Gasteiger partial charge < -0.3 is 5.73 Å². The van der Waals surface area contributed by atoms with Crippen LogP contribution in [0.5, 0.6) is 0 Å². The van der Waals surface area contributed by atoms with Gasteiger partial charge in [0.1, 0.15) is 5.82 Å². The molecule has 0 aliphatic carbocycles. The molecule has 0 unspecified atom stereocenters. The first-order valence-electron chi connectivity index (χ1n) is 3.82. The number of anilines is 1. The molecular weight excluding hydrogens is 195 g/mol. The molecule has 0 amide bonds. The summed E-state index contributed by atoms with van der Waals surface area (Å²) in [5.41, 5.74) is 3.83. The minimum atomic E-state index is -3.04. The van der Waals surface area contributed by atoms with Gasteiger partial charge in [0.05, 0.1) is 11.1 Å². The fraction of sp³-hybridized carbons (Fsp3) is 0.222. The first kappa shape index (κ1) is 10.6. The maximum Gasteiger partial charge on any atom is 0.267 e. The summed E-state index contributed by atoms with van der Waals surface area (Å²) in [5.74, 6) is -1.78. The molecule has 0 saturated heterocycles. The van der Waals surface area contributed by atoms with Crippen molar-refractivity contribution in [2.75, 3.05) is 5.73 Å². The molecule has 76 valence electrons. The minimum absolute atomic E-state index is 0.130. The second-order valence-corrected chi connectivity index (χ2v) is 2.78. The van der Waals surface area contributed by atoms with E-state index >= 15 is 0 Å². The molecule has 0 radical (unpaired) electrons. The van der Waals surface area contributed by atoms with E-state index < -0.39 is 29.2 Å². The Labute approximate surface area is 78.5 Å². The topological polar surface area (TPSA) is 43.1 Å². The van der Waals surface area contributed by atoms with Crippen molar-refractivity contribution in [2.24, 2.45) is 0 Å². The zero-order chi connectivity index (χ0) is 10.9. The zero-order valence-electron chi connectivity index (χ0n) is 7.35. The average Bonchev–Trinajstić information content (AvgIpc) is 2.07. The highest BCUT2D eigenvalue weighted by atomic mass is 19.3. The molecule has 5 heteroatoms. The lowest BCUT2D eigenvalue weighted by Crippen LogP contribution is -2.07. The van der Waals surface area contributed by atoms with Gasteiger partial charge >= 0.3 is 0 Å². The molecule has 0 saturated carbocycles. The maximum absolute atomic E-state index is 13.0. The Hall–Kier alpha value is -1.52. The summed E-state index contributed by atoms with van der Waals surface area (Å²) in [7, 11) is 0. The highest BCUT2D eigenvalue weighted by Crippen LogP contribution is 2.29. The van der Waals surface area contributed by atoms with Gasteiger partial charge in [0, 0.05) is 5.69 Å². The van der Waals surface area contributed by atoms with E-state index in [2.05, 4.69) is 0 Å². The lowest BCUT2D eigenvalue weighted by Gasteiger charge is -2.09. The van der Waals surface area contributed by atoms with E-state index in [1.54, 1.807) is 0 Å². The Bertz CT molecular complexity index is 377. The van der Waals surface area contributed by atoms with E-state index in [1.807, 2.05) is 0 Å². The number of rotatable bonds is 2. The van der Waals surface area contributed by atoms with Crippen LogP contribution in [0.25, 0.3) is 0 Å². The molecule has 1 aromatic rings. The third-order valence-electron chi connectivity index (χ3n) is 1.79. The average molecular weight is 203 g/mol. The molecule has 0 spiro atoms. The standard InChI is InChI=1S/C9H8F3NO/c1-4(14)7-6(13)3-2-5(10)8(7)9(11)12/h2-3,9H,13H2,1H3. The molecule has 0 aliphatic heterocycles. The SMILES string of the molecule is CC(=O)c1c(N)ccc(F)c1C(F)F. The van der Waals surface area contributed by atoms with Crippen LogP contribution in [0, 0.1) is 5.82 Å². The van der Waals surface area contributed by atoms with Gasteiger partial charge in [-0.15, -0.1) is 0 Å². The largest absolute Gasteiger partial charge is 0.398 e. The number of alkyl halides is 2. The van der Waals surface area contributed by atoms with Gasteiger partial charge in [-0.3, -0.25) is 4.79 Å². The molecule has 2 N–H and O–H groups in total. The van der Waals surface area contributed by atoms with E-state index in [1.165, 1.54) is 0 Å². The molecule has 0 aliphatic rings. The van der Waals surface area contributed by atoms with E-state index in [4.69, 9.17) is 5.73 Å². The molecule has 14 heavy (non-hydrogen) atoms. The van der Waals surface area contributed by atoms with E-state index in [9.17, 15) is 18.0 Å². The third kappa shape index (κ3) is 1.71. The van der Waals surface area contributed by atoms with Crippen LogP contribution >= 0.6 is 0 Å². The van der Waals surface area contributed by atoms with Crippen molar-refractivity contribution in [3.05, 3.63) is 29.1 Å². The molecule has 0 atom stereocenters. The molecule has 2 nitrogen and oxygen atoms in total. The van der Waals surface area contributed by atoms with Crippen molar-refractivity contribution in [1.29, 1.82) is 0 Å². The zero-order valence-corrected chi connectivity index (χ0v) is 7.35. The third-order valence-corrected chi connectivity index (χ3v) is 1.79. The number of hydrogen-bond acceptors (Lipinski definition) is 2. The van der Waals surface area contributed by atoms with E-state index in [-0.39, 0.29) is 5.69 Å². The normalized spacial score (nSPS) is 10.6. The van der Waals surface area contributed by atoms with E-state index in [0.717, 1.165) is 19.1 Å². The number of nitrogen functional groups attached to an aromatic ring is 1. The summed E-state index contributed by atoms with van der Waals surface area (Å²) >= 11 is 0. The number of ketones is 1. The number of nitrogens with two attached hydrogens (primary N) is 1. The van der Waals surface area contributed by atoms with Crippen LogP contribution in [-0.4, -0.2) is 5.78 Å². The predicted molar refractivity (Wildman–Crippen MR) is 45.8 cm³/mol. The first-order chi connectivity index (χ1) is 6.45.